The molecular weight excluding hydrogens is 409 g/mol. The quantitative estimate of drug-likeness (QED) is 0.707. The first-order valence-electron chi connectivity index (χ1n) is 9.85. The van der Waals surface area contributed by atoms with E-state index in [2.05, 4.69) is 16.1 Å². The largest absolute Gasteiger partial charge is 0.297 e. The summed E-state index contributed by atoms with van der Waals surface area (Å²) in [6.07, 6.45) is 4.78. The number of aromatic nitrogens is 2. The van der Waals surface area contributed by atoms with Crippen LogP contribution in [0.2, 0.25) is 0 Å². The number of rotatable bonds is 5. The molecule has 0 radical (unpaired) electrons. The average molecular weight is 436 g/mol. The summed E-state index contributed by atoms with van der Waals surface area (Å²) in [4.78, 5) is 15.2. The standard InChI is InChI=1S/C22H26FN3OS.ClH/c1-14-11-17(25(2)24-14)12-16-13-26(10-9-20(16)28)21(22(27)15-7-8-15)18-5-3-4-6-19(18)23;/h3-6,11-12,15,20-21,28H,7-10,13H2,1-2H3;1H. The van der Waals surface area contributed by atoms with E-state index in [1.165, 1.54) is 6.07 Å². The number of piperidine rings is 1. The zero-order valence-electron chi connectivity index (χ0n) is 16.7. The molecule has 0 spiro atoms. The smallest absolute Gasteiger partial charge is 0.157 e. The lowest BCUT2D eigenvalue weighted by Crippen LogP contribution is -2.42. The van der Waals surface area contributed by atoms with Gasteiger partial charge in [0.25, 0.3) is 0 Å². The molecule has 1 aromatic carbocycles. The molecule has 2 atom stereocenters. The van der Waals surface area contributed by atoms with Crippen LogP contribution < -0.4 is 0 Å². The third-order valence-electron chi connectivity index (χ3n) is 5.69. The molecule has 2 aliphatic rings. The summed E-state index contributed by atoms with van der Waals surface area (Å²) >= 11 is 4.77. The van der Waals surface area contributed by atoms with E-state index in [1.54, 1.807) is 12.1 Å². The number of nitrogens with zero attached hydrogens (tertiary/aromatic N) is 3. The van der Waals surface area contributed by atoms with Crippen molar-refractivity contribution in [2.75, 3.05) is 13.1 Å². The second-order valence-corrected chi connectivity index (χ2v) is 8.55. The number of hydrogen-bond acceptors (Lipinski definition) is 4. The van der Waals surface area contributed by atoms with E-state index in [9.17, 15) is 9.18 Å². The Morgan fingerprint density at radius 3 is 2.66 bits per heavy atom. The molecule has 4 nitrogen and oxygen atoms in total. The third-order valence-corrected chi connectivity index (χ3v) is 6.28. The van der Waals surface area contributed by atoms with Gasteiger partial charge in [-0.05, 0) is 50.0 Å². The Kier molecular flexibility index (Phi) is 6.87. The van der Waals surface area contributed by atoms with Gasteiger partial charge in [0, 0.05) is 36.9 Å². The minimum Gasteiger partial charge on any atom is -0.297 e. The molecule has 1 saturated heterocycles. The van der Waals surface area contributed by atoms with Crippen molar-refractivity contribution in [1.29, 1.82) is 0 Å². The number of carbonyl (C=O) groups excluding carboxylic acids is 1. The summed E-state index contributed by atoms with van der Waals surface area (Å²) < 4.78 is 16.4. The van der Waals surface area contributed by atoms with Crippen molar-refractivity contribution in [3.05, 3.63) is 58.7 Å². The first-order valence-corrected chi connectivity index (χ1v) is 10.4. The van der Waals surface area contributed by atoms with Crippen molar-refractivity contribution in [2.45, 2.75) is 37.5 Å². The Morgan fingerprint density at radius 2 is 2.03 bits per heavy atom. The number of halogens is 2. The molecule has 1 saturated carbocycles. The predicted molar refractivity (Wildman–Crippen MR) is 119 cm³/mol. The van der Waals surface area contributed by atoms with Gasteiger partial charge in [-0.15, -0.1) is 12.4 Å². The fraction of sp³-hybridized carbons (Fsp3) is 0.455. The monoisotopic (exact) mass is 435 g/mol. The van der Waals surface area contributed by atoms with Crippen molar-refractivity contribution in [2.24, 2.45) is 13.0 Å². The minimum atomic E-state index is -0.522. The summed E-state index contributed by atoms with van der Waals surface area (Å²) in [5, 5.41) is 4.53. The number of carbonyl (C=O) groups is 1. The van der Waals surface area contributed by atoms with Crippen molar-refractivity contribution < 1.29 is 9.18 Å². The lowest BCUT2D eigenvalue weighted by atomic mass is 9.93. The summed E-state index contributed by atoms with van der Waals surface area (Å²) in [6.45, 7) is 3.30. The van der Waals surface area contributed by atoms with Gasteiger partial charge in [-0.1, -0.05) is 18.2 Å². The van der Waals surface area contributed by atoms with Gasteiger partial charge >= 0.3 is 0 Å². The van der Waals surface area contributed by atoms with Crippen LogP contribution in [0.5, 0.6) is 0 Å². The number of thiol groups is 1. The normalized spacial score (nSPS) is 22.3. The fourth-order valence-electron chi connectivity index (χ4n) is 4.03. The van der Waals surface area contributed by atoms with Crippen LogP contribution in [0.3, 0.4) is 0 Å². The Morgan fingerprint density at radius 1 is 1.31 bits per heavy atom. The molecule has 7 heteroatoms. The second-order valence-electron chi connectivity index (χ2n) is 7.93. The zero-order chi connectivity index (χ0) is 19.8. The fourth-order valence-corrected chi connectivity index (χ4v) is 4.30. The molecule has 0 amide bonds. The highest BCUT2D eigenvalue weighted by atomic mass is 35.5. The van der Waals surface area contributed by atoms with E-state index in [-0.39, 0.29) is 35.2 Å². The lowest BCUT2D eigenvalue weighted by Gasteiger charge is -2.37. The molecule has 2 unspecified atom stereocenters. The van der Waals surface area contributed by atoms with Crippen molar-refractivity contribution in [3.63, 3.8) is 0 Å². The van der Waals surface area contributed by atoms with Gasteiger partial charge in [0.15, 0.2) is 5.78 Å². The van der Waals surface area contributed by atoms with Crippen LogP contribution in [0.4, 0.5) is 4.39 Å². The van der Waals surface area contributed by atoms with Crippen LogP contribution in [0.25, 0.3) is 6.08 Å². The first-order chi connectivity index (χ1) is 13.4. The number of ketones is 1. The van der Waals surface area contributed by atoms with Gasteiger partial charge in [-0.3, -0.25) is 14.4 Å². The van der Waals surface area contributed by atoms with Crippen LogP contribution >= 0.6 is 25.0 Å². The molecular formula is C22H27ClFN3OS. The molecule has 1 aromatic heterocycles. The molecule has 0 N–H and O–H groups in total. The first kappa shape index (κ1) is 22.1. The zero-order valence-corrected chi connectivity index (χ0v) is 18.4. The maximum atomic E-state index is 14.6. The highest BCUT2D eigenvalue weighted by Gasteiger charge is 2.40. The number of hydrogen-bond donors (Lipinski definition) is 1. The van der Waals surface area contributed by atoms with Gasteiger partial charge in [-0.2, -0.15) is 17.7 Å². The molecule has 2 aromatic rings. The molecule has 4 rings (SSSR count). The van der Waals surface area contributed by atoms with Crippen molar-refractivity contribution in [1.82, 2.24) is 14.7 Å². The number of likely N-dealkylation sites (tertiary alicyclic amines) is 1. The van der Waals surface area contributed by atoms with Crippen LogP contribution in [-0.4, -0.2) is 38.8 Å². The van der Waals surface area contributed by atoms with Gasteiger partial charge in [0.2, 0.25) is 0 Å². The second kappa shape index (κ2) is 9.02. The molecule has 29 heavy (non-hydrogen) atoms. The topological polar surface area (TPSA) is 38.1 Å². The van der Waals surface area contributed by atoms with Crippen LogP contribution in [-0.2, 0) is 11.8 Å². The molecule has 156 valence electrons. The Labute approximate surface area is 183 Å². The van der Waals surface area contributed by atoms with E-state index in [1.807, 2.05) is 30.8 Å². The molecule has 1 aliphatic carbocycles. The van der Waals surface area contributed by atoms with Crippen LogP contribution in [0.15, 0.2) is 35.9 Å². The van der Waals surface area contributed by atoms with Crippen molar-refractivity contribution >= 4 is 36.9 Å². The highest BCUT2D eigenvalue weighted by molar-refractivity contribution is 7.81. The van der Waals surface area contributed by atoms with E-state index in [0.717, 1.165) is 42.8 Å². The van der Waals surface area contributed by atoms with Crippen LogP contribution in [0, 0.1) is 18.7 Å². The summed E-state index contributed by atoms with van der Waals surface area (Å²) in [6, 6.07) is 8.20. The van der Waals surface area contributed by atoms with Gasteiger partial charge in [-0.25, -0.2) is 4.39 Å². The predicted octanol–water partition coefficient (Wildman–Crippen LogP) is 4.40. The molecule has 2 heterocycles. The Balaban J connectivity index is 0.00000240. The van der Waals surface area contributed by atoms with Gasteiger partial charge < -0.3 is 0 Å². The molecule has 2 fully saturated rings. The van der Waals surface area contributed by atoms with E-state index in [4.69, 9.17) is 12.6 Å². The van der Waals surface area contributed by atoms with Crippen molar-refractivity contribution in [3.8, 4) is 0 Å². The minimum absolute atomic E-state index is 0. The summed E-state index contributed by atoms with van der Waals surface area (Å²) in [7, 11) is 1.92. The Hall–Kier alpha value is -1.63. The number of aryl methyl sites for hydroxylation is 2. The SMILES string of the molecule is Cc1cc(C=C2CN(C(C(=O)C3CC3)c3ccccc3F)CCC2S)n(C)n1.Cl. The van der Waals surface area contributed by atoms with Gasteiger partial charge in [0.1, 0.15) is 5.82 Å². The average Bonchev–Trinajstić information content (AvgIpc) is 3.45. The van der Waals surface area contributed by atoms with Gasteiger partial charge in [0.05, 0.1) is 17.4 Å². The molecule has 0 bridgehead atoms. The Bertz CT molecular complexity index is 925. The number of Topliss-reactive ketones (excluding diaryl/α,β-unsaturated/α-hetero) is 1. The van der Waals surface area contributed by atoms with E-state index in [0.29, 0.717) is 12.1 Å². The maximum absolute atomic E-state index is 14.6. The third kappa shape index (κ3) is 4.76. The number of benzene rings is 1. The van der Waals surface area contributed by atoms with E-state index >= 15 is 0 Å². The van der Waals surface area contributed by atoms with Crippen LogP contribution in [0.1, 0.15) is 42.3 Å². The molecule has 1 aliphatic heterocycles. The highest BCUT2D eigenvalue weighted by Crippen LogP contribution is 2.39. The lowest BCUT2D eigenvalue weighted by molar-refractivity contribution is -0.126. The van der Waals surface area contributed by atoms with E-state index < -0.39 is 6.04 Å². The maximum Gasteiger partial charge on any atom is 0.157 e. The summed E-state index contributed by atoms with van der Waals surface area (Å²) in [5.74, 6) is -0.0776. The summed E-state index contributed by atoms with van der Waals surface area (Å²) in [5.41, 5.74) is 3.62.